The number of phenolic OH excluding ortho intramolecular Hbond substituents is 2. The third kappa shape index (κ3) is 7.03. The van der Waals surface area contributed by atoms with Gasteiger partial charge in [0.1, 0.15) is 89.3 Å². The molecule has 3 fully saturated rings. The summed E-state index contributed by atoms with van der Waals surface area (Å²) in [5.41, 5.74) is -1.08. The van der Waals surface area contributed by atoms with Gasteiger partial charge in [0.15, 0.2) is 12.1 Å². The number of aliphatic hydroxyl groups is 9. The molecule has 11 N–H and O–H groups in total. The van der Waals surface area contributed by atoms with Gasteiger partial charge in [0.05, 0.1) is 18.8 Å². The number of fused-ring (bicyclic) bond motifs is 1. The zero-order valence-corrected chi connectivity index (χ0v) is 27.5. The van der Waals surface area contributed by atoms with E-state index < -0.39 is 121 Å². The van der Waals surface area contributed by atoms with Crippen LogP contribution < -0.4 is 14.9 Å². The molecule has 0 saturated carbocycles. The molecular weight excluding hydrogens is 700 g/mol. The van der Waals surface area contributed by atoms with Crippen LogP contribution in [0.4, 0.5) is 0 Å². The van der Waals surface area contributed by atoms with Crippen LogP contribution in [0.2, 0.25) is 0 Å². The second-order valence-electron chi connectivity index (χ2n) is 12.9. The quantitative estimate of drug-likeness (QED) is 0.110. The van der Waals surface area contributed by atoms with Crippen molar-refractivity contribution in [3.63, 3.8) is 0 Å². The summed E-state index contributed by atoms with van der Waals surface area (Å²) in [6.07, 6.45) is -23.6. The Labute approximate surface area is 293 Å². The molecule has 52 heavy (non-hydrogen) atoms. The van der Waals surface area contributed by atoms with Gasteiger partial charge in [-0.1, -0.05) is 0 Å². The van der Waals surface area contributed by atoms with Crippen LogP contribution in [0.25, 0.3) is 22.3 Å². The average molecular weight is 741 g/mol. The monoisotopic (exact) mass is 740 g/mol. The minimum atomic E-state index is -1.95. The molecule has 0 radical (unpaired) electrons. The Kier molecular flexibility index (Phi) is 11.0. The molecular formula is C33H40O19. The largest absolute Gasteiger partial charge is 0.508 e. The van der Waals surface area contributed by atoms with E-state index in [9.17, 15) is 61.0 Å². The topological polar surface area (TPSA) is 308 Å². The average Bonchev–Trinajstić information content (AvgIpc) is 3.11. The molecule has 0 amide bonds. The standard InChI is InChI=1S/C33H40O19/c1-10-19(37)22(40)25(43)31(46-10)48-14-7-15(36)18-16(8-14)49-29(12-3-5-13(35)6-4-12)30(21(18)39)52-32-27(45)24(42)28(11(2)47-32)51-33-26(44)23(41)20(38)17(9-34)50-33/h3-8,10-11,17,19-20,22-28,31-38,40-45H,9H2,1-2H3/t10-,11-,17-,19-,20-,22+,23+,24-,25+,26-,27+,28-,31-,32-,33-/m1/s1. The summed E-state index contributed by atoms with van der Waals surface area (Å²) in [5.74, 6) is -1.88. The number of hydrogen-bond acceptors (Lipinski definition) is 19. The van der Waals surface area contributed by atoms with E-state index in [2.05, 4.69) is 0 Å². The van der Waals surface area contributed by atoms with Crippen molar-refractivity contribution in [2.45, 2.75) is 106 Å². The van der Waals surface area contributed by atoms with Crippen LogP contribution in [0, 0.1) is 0 Å². The molecule has 3 aliphatic heterocycles. The number of rotatable bonds is 8. The maximum atomic E-state index is 14.0. The van der Waals surface area contributed by atoms with Gasteiger partial charge < -0.3 is 89.0 Å². The van der Waals surface area contributed by atoms with Crippen LogP contribution in [0.15, 0.2) is 45.6 Å². The van der Waals surface area contributed by atoms with E-state index in [0.29, 0.717) is 0 Å². The number of hydrogen-bond donors (Lipinski definition) is 11. The molecule has 0 unspecified atom stereocenters. The molecule has 1 aromatic heterocycles. The van der Waals surface area contributed by atoms with Crippen LogP contribution in [0.3, 0.4) is 0 Å². The molecule has 0 aliphatic carbocycles. The highest BCUT2D eigenvalue weighted by molar-refractivity contribution is 5.88. The Balaban J connectivity index is 1.31. The third-order valence-corrected chi connectivity index (χ3v) is 9.25. The zero-order valence-electron chi connectivity index (χ0n) is 27.5. The van der Waals surface area contributed by atoms with Gasteiger partial charge in [-0.25, -0.2) is 0 Å². The summed E-state index contributed by atoms with van der Waals surface area (Å²) >= 11 is 0. The van der Waals surface area contributed by atoms with Crippen LogP contribution >= 0.6 is 0 Å². The Hall–Kier alpha value is -3.67. The predicted molar refractivity (Wildman–Crippen MR) is 170 cm³/mol. The first-order chi connectivity index (χ1) is 24.6. The first-order valence-corrected chi connectivity index (χ1v) is 16.2. The maximum absolute atomic E-state index is 14.0. The highest BCUT2D eigenvalue weighted by atomic mass is 16.7. The van der Waals surface area contributed by atoms with Gasteiger partial charge in [-0.3, -0.25) is 4.79 Å². The minimum absolute atomic E-state index is 0.135. The van der Waals surface area contributed by atoms with E-state index in [4.69, 9.17) is 32.8 Å². The highest BCUT2D eigenvalue weighted by Crippen LogP contribution is 2.39. The van der Waals surface area contributed by atoms with Gasteiger partial charge in [0.25, 0.3) is 0 Å². The van der Waals surface area contributed by atoms with Gasteiger partial charge in [0.2, 0.25) is 23.8 Å². The zero-order chi connectivity index (χ0) is 37.8. The minimum Gasteiger partial charge on any atom is -0.508 e. The highest BCUT2D eigenvalue weighted by Gasteiger charge is 2.50. The maximum Gasteiger partial charge on any atom is 0.239 e. The van der Waals surface area contributed by atoms with Crippen molar-refractivity contribution >= 4 is 11.0 Å². The van der Waals surface area contributed by atoms with Crippen molar-refractivity contribution < 1.29 is 89.0 Å². The fraction of sp³-hybridized carbons (Fsp3) is 0.545. The van der Waals surface area contributed by atoms with E-state index >= 15 is 0 Å². The van der Waals surface area contributed by atoms with E-state index in [1.54, 1.807) is 0 Å². The van der Waals surface area contributed by atoms with Crippen molar-refractivity contribution in [2.24, 2.45) is 0 Å². The molecule has 6 rings (SSSR count). The Morgan fingerprint density at radius 2 is 1.27 bits per heavy atom. The Morgan fingerprint density at radius 1 is 0.673 bits per heavy atom. The molecule has 286 valence electrons. The lowest BCUT2D eigenvalue weighted by atomic mass is 9.97. The molecule has 15 atom stereocenters. The van der Waals surface area contributed by atoms with E-state index in [1.165, 1.54) is 44.2 Å². The fourth-order valence-electron chi connectivity index (χ4n) is 6.22. The summed E-state index contributed by atoms with van der Waals surface area (Å²) < 4.78 is 39.7. The second kappa shape index (κ2) is 15.0. The third-order valence-electron chi connectivity index (χ3n) is 9.25. The normalized spacial score (nSPS) is 38.2. The SMILES string of the molecule is C[C@H]1O[C@H](Oc2cc(O)c3c(=O)c(O[C@H]4O[C@H](C)[C@@H](O[C@H]5O[C@H](CO)[C@@H](O)[C@H](O)[C@H]5O)[C@H](O)[C@@H]4O)c(-c4ccc(O)cc4)oc3c2)[C@@H](O)[C@@H](O)[C@@H]1O. The van der Waals surface area contributed by atoms with Crippen molar-refractivity contribution in [1.29, 1.82) is 0 Å². The number of phenols is 2. The molecule has 0 bridgehead atoms. The lowest BCUT2D eigenvalue weighted by Gasteiger charge is -2.45. The first kappa shape index (κ1) is 38.1. The van der Waals surface area contributed by atoms with Gasteiger partial charge in [-0.2, -0.15) is 0 Å². The van der Waals surface area contributed by atoms with Crippen LogP contribution in [0.1, 0.15) is 13.8 Å². The van der Waals surface area contributed by atoms with E-state index in [0.717, 1.165) is 6.07 Å². The van der Waals surface area contributed by atoms with Crippen molar-refractivity contribution in [3.05, 3.63) is 46.6 Å². The molecule has 3 aliphatic rings. The molecule has 3 saturated heterocycles. The lowest BCUT2D eigenvalue weighted by molar-refractivity contribution is -0.348. The van der Waals surface area contributed by atoms with Gasteiger partial charge in [0, 0.05) is 17.7 Å². The summed E-state index contributed by atoms with van der Waals surface area (Å²) in [6.45, 7) is 2.10. The van der Waals surface area contributed by atoms with Crippen LogP contribution in [-0.2, 0) is 18.9 Å². The molecule has 4 heterocycles. The number of ether oxygens (including phenoxy) is 6. The first-order valence-electron chi connectivity index (χ1n) is 16.2. The molecule has 3 aromatic rings. The van der Waals surface area contributed by atoms with Crippen molar-refractivity contribution in [2.75, 3.05) is 6.61 Å². The van der Waals surface area contributed by atoms with Gasteiger partial charge in [-0.05, 0) is 38.1 Å². The van der Waals surface area contributed by atoms with E-state index in [1.807, 2.05) is 0 Å². The summed E-state index contributed by atoms with van der Waals surface area (Å²) in [6, 6.07) is 7.48. The van der Waals surface area contributed by atoms with Crippen LogP contribution in [0.5, 0.6) is 23.0 Å². The smallest absolute Gasteiger partial charge is 0.239 e. The Bertz CT molecular complexity index is 1760. The molecule has 0 spiro atoms. The lowest BCUT2D eigenvalue weighted by Crippen LogP contribution is -2.64. The molecule has 19 nitrogen and oxygen atoms in total. The summed E-state index contributed by atoms with van der Waals surface area (Å²) in [4.78, 5) is 14.0. The van der Waals surface area contributed by atoms with E-state index in [-0.39, 0.29) is 28.4 Å². The van der Waals surface area contributed by atoms with Crippen molar-refractivity contribution in [1.82, 2.24) is 0 Å². The summed E-state index contributed by atoms with van der Waals surface area (Å²) in [7, 11) is 0. The van der Waals surface area contributed by atoms with Gasteiger partial charge in [-0.15, -0.1) is 0 Å². The Morgan fingerprint density at radius 3 is 1.94 bits per heavy atom. The summed E-state index contributed by atoms with van der Waals surface area (Å²) in [5, 5.41) is 113. The van der Waals surface area contributed by atoms with Crippen LogP contribution in [-0.4, -0.2) is 155 Å². The molecule has 2 aromatic carbocycles. The molecule has 19 heteroatoms. The van der Waals surface area contributed by atoms with Crippen molar-refractivity contribution in [3.8, 4) is 34.3 Å². The number of benzene rings is 2. The second-order valence-corrected chi connectivity index (χ2v) is 12.9. The predicted octanol–water partition coefficient (Wildman–Crippen LogP) is -2.89. The number of aliphatic hydroxyl groups excluding tert-OH is 9. The van der Waals surface area contributed by atoms with Gasteiger partial charge >= 0.3 is 0 Å². The fourth-order valence-corrected chi connectivity index (χ4v) is 6.22. The number of aromatic hydroxyl groups is 2.